The Morgan fingerprint density at radius 2 is 1.69 bits per heavy atom. The number of hydrogen-bond acceptors (Lipinski definition) is 5. The maximum Gasteiger partial charge on any atom is 0.339 e. The van der Waals surface area contributed by atoms with Crippen molar-refractivity contribution >= 4 is 29.4 Å². The first-order valence-corrected chi connectivity index (χ1v) is 10.1. The smallest absolute Gasteiger partial charge is 0.339 e. The van der Waals surface area contributed by atoms with Crippen LogP contribution >= 0.6 is 0 Å². The van der Waals surface area contributed by atoms with Gasteiger partial charge in [-0.1, -0.05) is 12.8 Å². The highest BCUT2D eigenvalue weighted by Crippen LogP contribution is 2.35. The molecule has 1 aliphatic carbocycles. The molecular formula is C21H25N3O5. The van der Waals surface area contributed by atoms with Gasteiger partial charge in [-0.2, -0.15) is 0 Å². The topological polar surface area (TPSA) is 87.2 Å². The van der Waals surface area contributed by atoms with Crippen LogP contribution in [0.4, 0.5) is 10.5 Å². The van der Waals surface area contributed by atoms with E-state index in [9.17, 15) is 19.2 Å². The number of methoxy groups -OCH3 is 1. The molecule has 3 aliphatic rings. The van der Waals surface area contributed by atoms with E-state index < -0.39 is 17.8 Å². The van der Waals surface area contributed by atoms with E-state index in [2.05, 4.69) is 0 Å². The highest BCUT2D eigenvalue weighted by molar-refractivity contribution is 6.53. The van der Waals surface area contributed by atoms with Crippen LogP contribution in [0.2, 0.25) is 0 Å². The van der Waals surface area contributed by atoms with E-state index in [0.717, 1.165) is 41.9 Å². The second-order valence-electron chi connectivity index (χ2n) is 7.85. The Labute approximate surface area is 169 Å². The van der Waals surface area contributed by atoms with Gasteiger partial charge in [0.2, 0.25) is 5.91 Å². The first-order chi connectivity index (χ1) is 14.0. The molecule has 29 heavy (non-hydrogen) atoms. The van der Waals surface area contributed by atoms with Gasteiger partial charge in [0.1, 0.15) is 12.3 Å². The lowest BCUT2D eigenvalue weighted by Crippen LogP contribution is -2.53. The van der Waals surface area contributed by atoms with Crippen molar-refractivity contribution in [2.75, 3.05) is 25.1 Å². The van der Waals surface area contributed by atoms with E-state index >= 15 is 0 Å². The molecule has 8 nitrogen and oxygen atoms in total. The second-order valence-corrected chi connectivity index (χ2v) is 7.85. The van der Waals surface area contributed by atoms with Crippen molar-refractivity contribution in [3.8, 4) is 5.75 Å². The summed E-state index contributed by atoms with van der Waals surface area (Å²) in [5.74, 6) is -1.09. The Kier molecular flexibility index (Phi) is 5.25. The fourth-order valence-corrected chi connectivity index (χ4v) is 4.76. The van der Waals surface area contributed by atoms with Crippen LogP contribution in [0.3, 0.4) is 0 Å². The zero-order valence-corrected chi connectivity index (χ0v) is 16.5. The Morgan fingerprint density at radius 3 is 2.41 bits per heavy atom. The quantitative estimate of drug-likeness (QED) is 0.572. The van der Waals surface area contributed by atoms with Crippen LogP contribution in [-0.2, 0) is 14.4 Å². The standard InChI is InChI=1S/C21H25N3O5/c1-29-16-10-8-15(9-11-16)24-20(27)19(26)23(21(24)28)13-18(25)22-12-4-6-14-5-2-3-7-17(14)22/h8-11,14,17H,2-7,12-13H2,1H3/t14-,17+/m0/s1. The molecule has 2 aliphatic heterocycles. The number of nitrogens with zero attached hydrogens (tertiary/aromatic N) is 3. The largest absolute Gasteiger partial charge is 0.497 e. The minimum absolute atomic E-state index is 0.186. The van der Waals surface area contributed by atoms with Crippen molar-refractivity contribution in [3.05, 3.63) is 24.3 Å². The third kappa shape index (κ3) is 3.47. The lowest BCUT2D eigenvalue weighted by Gasteiger charge is -2.44. The predicted octanol–water partition coefficient (Wildman–Crippen LogP) is 2.17. The highest BCUT2D eigenvalue weighted by atomic mass is 16.5. The van der Waals surface area contributed by atoms with Crippen LogP contribution < -0.4 is 9.64 Å². The van der Waals surface area contributed by atoms with Crippen molar-refractivity contribution < 1.29 is 23.9 Å². The van der Waals surface area contributed by atoms with Gasteiger partial charge in [0.15, 0.2) is 0 Å². The number of amides is 5. The van der Waals surface area contributed by atoms with Gasteiger partial charge >= 0.3 is 17.8 Å². The third-order valence-corrected chi connectivity index (χ3v) is 6.24. The van der Waals surface area contributed by atoms with Gasteiger partial charge < -0.3 is 9.64 Å². The summed E-state index contributed by atoms with van der Waals surface area (Å²) in [5, 5.41) is 0. The fourth-order valence-electron chi connectivity index (χ4n) is 4.76. The van der Waals surface area contributed by atoms with Gasteiger partial charge in [0, 0.05) is 12.6 Å². The van der Waals surface area contributed by atoms with E-state index in [4.69, 9.17) is 4.74 Å². The number of likely N-dealkylation sites (tertiary alicyclic amines) is 1. The minimum atomic E-state index is -0.962. The van der Waals surface area contributed by atoms with E-state index in [1.165, 1.54) is 25.7 Å². The average molecular weight is 399 g/mol. The van der Waals surface area contributed by atoms with Crippen molar-refractivity contribution in [2.45, 2.75) is 44.6 Å². The van der Waals surface area contributed by atoms with Crippen molar-refractivity contribution in [1.82, 2.24) is 9.80 Å². The Bertz CT molecular complexity index is 835. The molecule has 0 radical (unpaired) electrons. The first-order valence-electron chi connectivity index (χ1n) is 10.1. The van der Waals surface area contributed by atoms with Gasteiger partial charge in [-0.05, 0) is 55.9 Å². The summed E-state index contributed by atoms with van der Waals surface area (Å²) >= 11 is 0. The first kappa shape index (κ1) is 19.4. The van der Waals surface area contributed by atoms with Gasteiger partial charge in [-0.15, -0.1) is 0 Å². The van der Waals surface area contributed by atoms with Crippen LogP contribution in [0.15, 0.2) is 24.3 Å². The zero-order valence-electron chi connectivity index (χ0n) is 16.5. The summed E-state index contributed by atoms with van der Waals surface area (Å²) in [4.78, 5) is 54.0. The average Bonchev–Trinajstić information content (AvgIpc) is 2.96. The maximum absolute atomic E-state index is 13.0. The number of benzene rings is 1. The Hall–Kier alpha value is -2.90. The van der Waals surface area contributed by atoms with Crippen LogP contribution in [-0.4, -0.2) is 59.8 Å². The number of fused-ring (bicyclic) bond motifs is 1. The lowest BCUT2D eigenvalue weighted by molar-refractivity contribution is -0.144. The molecule has 0 bridgehead atoms. The molecule has 0 spiro atoms. The highest BCUT2D eigenvalue weighted by Gasteiger charge is 2.47. The van der Waals surface area contributed by atoms with Crippen LogP contribution in [0, 0.1) is 5.92 Å². The number of anilines is 1. The third-order valence-electron chi connectivity index (χ3n) is 6.24. The van der Waals surface area contributed by atoms with E-state index in [1.54, 1.807) is 12.1 Å². The lowest BCUT2D eigenvalue weighted by atomic mass is 9.78. The van der Waals surface area contributed by atoms with Crippen LogP contribution in [0.5, 0.6) is 5.75 Å². The van der Waals surface area contributed by atoms with Gasteiger partial charge in [-0.3, -0.25) is 14.4 Å². The van der Waals surface area contributed by atoms with Crippen molar-refractivity contribution in [3.63, 3.8) is 0 Å². The molecule has 1 aromatic rings. The van der Waals surface area contributed by atoms with Crippen LogP contribution in [0.25, 0.3) is 0 Å². The molecule has 0 N–H and O–H groups in total. The Morgan fingerprint density at radius 1 is 1.00 bits per heavy atom. The molecule has 4 rings (SSSR count). The number of hydrogen-bond donors (Lipinski definition) is 0. The molecule has 5 amide bonds. The molecule has 1 saturated carbocycles. The van der Waals surface area contributed by atoms with E-state index in [-0.39, 0.29) is 24.2 Å². The molecule has 0 unspecified atom stereocenters. The molecule has 3 fully saturated rings. The summed E-state index contributed by atoms with van der Waals surface area (Å²) in [6.45, 7) is 0.256. The van der Waals surface area contributed by atoms with E-state index in [1.807, 2.05) is 4.90 Å². The zero-order chi connectivity index (χ0) is 20.5. The number of rotatable bonds is 4. The monoisotopic (exact) mass is 399 g/mol. The summed E-state index contributed by atoms with van der Waals surface area (Å²) in [5.41, 5.74) is 0.273. The normalized spacial score (nSPS) is 24.7. The number of carbonyl (C=O) groups is 4. The summed E-state index contributed by atoms with van der Waals surface area (Å²) in [6, 6.07) is 5.67. The predicted molar refractivity (Wildman–Crippen MR) is 104 cm³/mol. The summed E-state index contributed by atoms with van der Waals surface area (Å²) in [6.07, 6.45) is 6.44. The molecule has 2 atom stereocenters. The molecule has 154 valence electrons. The number of imide groups is 2. The maximum atomic E-state index is 13.0. The van der Waals surface area contributed by atoms with E-state index in [0.29, 0.717) is 18.2 Å². The summed E-state index contributed by atoms with van der Waals surface area (Å²) in [7, 11) is 1.51. The molecule has 1 aromatic carbocycles. The number of urea groups is 1. The molecule has 0 aromatic heterocycles. The molecule has 8 heteroatoms. The van der Waals surface area contributed by atoms with Gasteiger partial charge in [0.05, 0.1) is 12.8 Å². The van der Waals surface area contributed by atoms with Gasteiger partial charge in [0.25, 0.3) is 0 Å². The molecule has 2 saturated heterocycles. The fraction of sp³-hybridized carbons (Fsp3) is 0.524. The summed E-state index contributed by atoms with van der Waals surface area (Å²) < 4.78 is 5.07. The molecule has 2 heterocycles. The minimum Gasteiger partial charge on any atom is -0.497 e. The second kappa shape index (κ2) is 7.85. The van der Waals surface area contributed by atoms with Crippen molar-refractivity contribution in [1.29, 1.82) is 0 Å². The Balaban J connectivity index is 1.49. The SMILES string of the molecule is COc1ccc(N2C(=O)C(=O)N(CC(=O)N3CCC[C@@H]4CCCC[C@H]43)C2=O)cc1. The molecular weight excluding hydrogens is 374 g/mol. The number of carbonyl (C=O) groups excluding carboxylic acids is 4. The number of ether oxygens (including phenoxy) is 1. The number of piperidine rings is 1. The van der Waals surface area contributed by atoms with Crippen LogP contribution in [0.1, 0.15) is 38.5 Å². The van der Waals surface area contributed by atoms with Gasteiger partial charge in [-0.25, -0.2) is 14.6 Å². The van der Waals surface area contributed by atoms with Crippen molar-refractivity contribution in [2.24, 2.45) is 5.92 Å².